The Labute approximate surface area is 187 Å². The SMILES string of the molecule is O=C(O)CNC(=O)C[C@@H]1S/C(=N\N=C/c2c(-c3ccccc3)[nH]c3ccccc23)NC1=O. The van der Waals surface area contributed by atoms with Crippen molar-refractivity contribution in [3.05, 3.63) is 60.2 Å². The molecule has 4 N–H and O–H groups in total. The summed E-state index contributed by atoms with van der Waals surface area (Å²) >= 11 is 1.08. The Hall–Kier alpha value is -3.92. The van der Waals surface area contributed by atoms with E-state index in [4.69, 9.17) is 5.11 Å². The van der Waals surface area contributed by atoms with E-state index in [1.165, 1.54) is 0 Å². The number of hydrogen-bond donors (Lipinski definition) is 4. The Balaban J connectivity index is 1.51. The smallest absolute Gasteiger partial charge is 0.322 e. The molecule has 1 aromatic heterocycles. The first-order valence-electron chi connectivity index (χ1n) is 9.74. The molecule has 0 saturated carbocycles. The second-order valence-corrected chi connectivity index (χ2v) is 8.14. The van der Waals surface area contributed by atoms with Crippen molar-refractivity contribution in [1.82, 2.24) is 15.6 Å². The quantitative estimate of drug-likeness (QED) is 0.324. The lowest BCUT2D eigenvalue weighted by Crippen LogP contribution is -2.33. The molecule has 1 atom stereocenters. The monoisotopic (exact) mass is 449 g/mol. The zero-order valence-electron chi connectivity index (χ0n) is 16.7. The Morgan fingerprint density at radius 1 is 1.12 bits per heavy atom. The molecule has 9 nitrogen and oxygen atoms in total. The van der Waals surface area contributed by atoms with Crippen LogP contribution in [-0.4, -0.2) is 51.1 Å². The summed E-state index contributed by atoms with van der Waals surface area (Å²) in [5, 5.41) is 22.3. The van der Waals surface area contributed by atoms with Crippen LogP contribution in [0.25, 0.3) is 22.2 Å². The van der Waals surface area contributed by atoms with Crippen LogP contribution in [0.4, 0.5) is 0 Å². The second-order valence-electron chi connectivity index (χ2n) is 6.95. The highest BCUT2D eigenvalue weighted by Gasteiger charge is 2.32. The molecule has 0 spiro atoms. The van der Waals surface area contributed by atoms with E-state index in [2.05, 4.69) is 25.8 Å². The highest BCUT2D eigenvalue weighted by Crippen LogP contribution is 2.29. The third kappa shape index (κ3) is 4.86. The van der Waals surface area contributed by atoms with Crippen LogP contribution in [0.2, 0.25) is 0 Å². The van der Waals surface area contributed by atoms with Gasteiger partial charge in [-0.25, -0.2) is 0 Å². The molecule has 2 aromatic carbocycles. The van der Waals surface area contributed by atoms with E-state index in [1.54, 1.807) is 6.21 Å². The van der Waals surface area contributed by atoms with Crippen LogP contribution in [-0.2, 0) is 14.4 Å². The number of fused-ring (bicyclic) bond motifs is 1. The molecule has 0 bridgehead atoms. The van der Waals surface area contributed by atoms with Crippen molar-refractivity contribution < 1.29 is 19.5 Å². The van der Waals surface area contributed by atoms with Crippen LogP contribution in [0.1, 0.15) is 12.0 Å². The molecule has 162 valence electrons. The number of nitrogens with one attached hydrogen (secondary N) is 3. The first-order valence-corrected chi connectivity index (χ1v) is 10.6. The van der Waals surface area contributed by atoms with Crippen molar-refractivity contribution in [3.8, 4) is 11.3 Å². The van der Waals surface area contributed by atoms with Crippen LogP contribution < -0.4 is 10.6 Å². The maximum Gasteiger partial charge on any atom is 0.322 e. The highest BCUT2D eigenvalue weighted by molar-refractivity contribution is 8.15. The van der Waals surface area contributed by atoms with Gasteiger partial charge in [-0.05, 0) is 11.6 Å². The number of para-hydroxylation sites is 1. The van der Waals surface area contributed by atoms with Crippen molar-refractivity contribution >= 4 is 51.8 Å². The van der Waals surface area contributed by atoms with E-state index in [9.17, 15) is 14.4 Å². The number of benzene rings is 2. The van der Waals surface area contributed by atoms with Gasteiger partial charge in [0.05, 0.1) is 11.9 Å². The molecule has 1 saturated heterocycles. The van der Waals surface area contributed by atoms with E-state index in [0.29, 0.717) is 0 Å². The molecule has 0 radical (unpaired) electrons. The van der Waals surface area contributed by atoms with E-state index >= 15 is 0 Å². The molecule has 0 aliphatic carbocycles. The maximum atomic E-state index is 12.1. The molecule has 10 heteroatoms. The first kappa shape index (κ1) is 21.3. The molecule has 1 aliphatic heterocycles. The molecule has 32 heavy (non-hydrogen) atoms. The topological polar surface area (TPSA) is 136 Å². The van der Waals surface area contributed by atoms with Crippen LogP contribution in [0.5, 0.6) is 0 Å². The number of carboxylic acids is 1. The van der Waals surface area contributed by atoms with Crippen LogP contribution >= 0.6 is 11.8 Å². The normalized spacial score (nSPS) is 17.2. The highest BCUT2D eigenvalue weighted by atomic mass is 32.2. The van der Waals surface area contributed by atoms with Gasteiger partial charge in [0, 0.05) is 22.9 Å². The summed E-state index contributed by atoms with van der Waals surface area (Å²) in [6.45, 7) is -0.489. The van der Waals surface area contributed by atoms with E-state index in [1.807, 2.05) is 54.6 Å². The molecular weight excluding hydrogens is 430 g/mol. The largest absolute Gasteiger partial charge is 0.480 e. The summed E-state index contributed by atoms with van der Waals surface area (Å²) in [4.78, 5) is 37.8. The fourth-order valence-corrected chi connectivity index (χ4v) is 4.19. The molecule has 2 amide bonds. The van der Waals surface area contributed by atoms with E-state index < -0.39 is 23.7 Å². The standard InChI is InChI=1S/C22H19N5O4S/c28-18(23-12-19(29)30)10-17-21(31)26-22(32-17)27-24-11-15-14-8-4-5-9-16(14)25-20(15)13-6-2-1-3-7-13/h1-9,11,17,25H,10,12H2,(H,23,28)(H,29,30)(H,26,27,31)/b24-11-/t17-/m0/s1. The number of amides is 2. The summed E-state index contributed by atoms with van der Waals surface area (Å²) in [6, 6.07) is 17.7. The summed E-state index contributed by atoms with van der Waals surface area (Å²) in [5.41, 5.74) is 3.76. The number of aromatic amines is 1. The van der Waals surface area contributed by atoms with Gasteiger partial charge in [-0.2, -0.15) is 5.10 Å². The molecule has 2 heterocycles. The number of rotatable bonds is 7. The van der Waals surface area contributed by atoms with E-state index in [0.717, 1.165) is 39.5 Å². The molecule has 1 fully saturated rings. The Kier molecular flexibility index (Phi) is 6.31. The van der Waals surface area contributed by atoms with Gasteiger partial charge >= 0.3 is 5.97 Å². The number of hydrogen-bond acceptors (Lipinski definition) is 6. The van der Waals surface area contributed by atoms with Crippen molar-refractivity contribution in [2.24, 2.45) is 10.2 Å². The van der Waals surface area contributed by atoms with Gasteiger partial charge in [-0.3, -0.25) is 14.4 Å². The lowest BCUT2D eigenvalue weighted by atomic mass is 10.1. The van der Waals surface area contributed by atoms with Gasteiger partial charge in [0.2, 0.25) is 11.8 Å². The molecule has 4 rings (SSSR count). The Morgan fingerprint density at radius 2 is 1.88 bits per heavy atom. The summed E-state index contributed by atoms with van der Waals surface area (Å²) in [6.07, 6.45) is 1.49. The molecular formula is C22H19N5O4S. The van der Waals surface area contributed by atoms with Crippen molar-refractivity contribution in [2.75, 3.05) is 6.54 Å². The van der Waals surface area contributed by atoms with Gasteiger partial charge in [0.15, 0.2) is 5.17 Å². The number of carbonyl (C=O) groups is 3. The minimum absolute atomic E-state index is 0.146. The van der Waals surface area contributed by atoms with Gasteiger partial charge in [0.25, 0.3) is 0 Å². The zero-order chi connectivity index (χ0) is 22.5. The summed E-state index contributed by atoms with van der Waals surface area (Å²) < 4.78 is 0. The maximum absolute atomic E-state index is 12.1. The Bertz CT molecular complexity index is 1240. The number of aliphatic carboxylic acids is 1. The third-order valence-electron chi connectivity index (χ3n) is 4.73. The van der Waals surface area contributed by atoms with Gasteiger partial charge in [-0.15, -0.1) is 5.10 Å². The minimum Gasteiger partial charge on any atom is -0.480 e. The van der Waals surface area contributed by atoms with Crippen LogP contribution in [0, 0.1) is 0 Å². The number of H-pyrrole nitrogens is 1. The number of carbonyl (C=O) groups excluding carboxylic acids is 2. The van der Waals surface area contributed by atoms with Gasteiger partial charge in [0.1, 0.15) is 11.8 Å². The molecule has 3 aromatic rings. The Morgan fingerprint density at radius 3 is 2.66 bits per heavy atom. The van der Waals surface area contributed by atoms with Crippen LogP contribution in [0.15, 0.2) is 64.8 Å². The minimum atomic E-state index is -1.15. The summed E-state index contributed by atoms with van der Waals surface area (Å²) in [7, 11) is 0. The lowest BCUT2D eigenvalue weighted by Gasteiger charge is -2.04. The first-order chi connectivity index (χ1) is 15.5. The molecule has 0 unspecified atom stereocenters. The summed E-state index contributed by atoms with van der Waals surface area (Å²) in [5.74, 6) is -2.03. The van der Waals surface area contributed by atoms with E-state index in [-0.39, 0.29) is 17.5 Å². The average Bonchev–Trinajstić information content (AvgIpc) is 3.33. The predicted molar refractivity (Wildman–Crippen MR) is 124 cm³/mol. The predicted octanol–water partition coefficient (Wildman–Crippen LogP) is 2.35. The van der Waals surface area contributed by atoms with Crippen molar-refractivity contribution in [3.63, 3.8) is 0 Å². The number of nitrogens with zero attached hydrogens (tertiary/aromatic N) is 2. The fraction of sp³-hybridized carbons (Fsp3) is 0.136. The molecule has 1 aliphatic rings. The lowest BCUT2D eigenvalue weighted by molar-refractivity contribution is -0.137. The van der Waals surface area contributed by atoms with Gasteiger partial charge in [-0.1, -0.05) is 60.3 Å². The van der Waals surface area contributed by atoms with Crippen molar-refractivity contribution in [1.29, 1.82) is 0 Å². The number of amidine groups is 1. The van der Waals surface area contributed by atoms with Crippen LogP contribution in [0.3, 0.4) is 0 Å². The zero-order valence-corrected chi connectivity index (χ0v) is 17.6. The second kappa shape index (κ2) is 9.48. The number of thioether (sulfide) groups is 1. The third-order valence-corrected chi connectivity index (χ3v) is 5.80. The van der Waals surface area contributed by atoms with Crippen molar-refractivity contribution in [2.45, 2.75) is 11.7 Å². The number of carboxylic acid groups (broad SMARTS) is 1. The average molecular weight is 449 g/mol. The number of aromatic nitrogens is 1. The van der Waals surface area contributed by atoms with Gasteiger partial charge < -0.3 is 20.7 Å². The fourth-order valence-electron chi connectivity index (χ4n) is 3.27.